The summed E-state index contributed by atoms with van der Waals surface area (Å²) >= 11 is 18.1. The predicted octanol–water partition coefficient (Wildman–Crippen LogP) is 5.49. The van der Waals surface area contributed by atoms with Gasteiger partial charge in [-0.1, -0.05) is 40.0 Å². The van der Waals surface area contributed by atoms with E-state index in [9.17, 15) is 5.11 Å². The summed E-state index contributed by atoms with van der Waals surface area (Å²) in [5.74, 6) is 0.630. The second kappa shape index (κ2) is 7.35. The molecule has 0 fully saturated rings. The quantitative estimate of drug-likeness (QED) is 0.630. The van der Waals surface area contributed by atoms with E-state index >= 15 is 0 Å². The summed E-state index contributed by atoms with van der Waals surface area (Å²) in [5.41, 5.74) is 1.36. The summed E-state index contributed by atoms with van der Waals surface area (Å²) in [6, 6.07) is 10.1. The van der Waals surface area contributed by atoms with Crippen molar-refractivity contribution in [3.05, 3.63) is 57.9 Å². The zero-order valence-electron chi connectivity index (χ0n) is 12.8. The molecule has 0 unspecified atom stereocenters. The van der Waals surface area contributed by atoms with Gasteiger partial charge < -0.3 is 14.4 Å². The van der Waals surface area contributed by atoms with Crippen molar-refractivity contribution >= 4 is 45.9 Å². The van der Waals surface area contributed by atoms with Crippen LogP contribution < -0.4 is 4.74 Å². The maximum absolute atomic E-state index is 9.76. The van der Waals surface area contributed by atoms with Crippen LogP contribution >= 0.6 is 34.8 Å². The summed E-state index contributed by atoms with van der Waals surface area (Å²) in [6.07, 6.45) is 1.58. The molecule has 0 amide bonds. The molecule has 0 aliphatic carbocycles. The smallest absolute Gasteiger partial charge is 0.269 e. The van der Waals surface area contributed by atoms with Crippen molar-refractivity contribution in [1.29, 1.82) is 0 Å². The molecule has 0 radical (unpaired) electrons. The molecule has 8 heteroatoms. The predicted molar refractivity (Wildman–Crippen MR) is 98.1 cm³/mol. The third-order valence-electron chi connectivity index (χ3n) is 3.30. The molecule has 1 heterocycles. The lowest BCUT2D eigenvalue weighted by molar-refractivity contribution is 0.373. The van der Waals surface area contributed by atoms with E-state index in [4.69, 9.17) is 44.1 Å². The molecule has 0 saturated carbocycles. The van der Waals surface area contributed by atoms with E-state index in [1.807, 2.05) is 0 Å². The number of nitrogens with zero attached hydrogens (tertiary/aromatic N) is 2. The molecule has 0 aliphatic heterocycles. The van der Waals surface area contributed by atoms with Gasteiger partial charge in [-0.25, -0.2) is 0 Å². The van der Waals surface area contributed by atoms with E-state index in [1.54, 1.807) is 36.4 Å². The van der Waals surface area contributed by atoms with Gasteiger partial charge in [-0.2, -0.15) is 4.98 Å². The van der Waals surface area contributed by atoms with Gasteiger partial charge in [0.2, 0.25) is 5.82 Å². The molecule has 3 rings (SSSR count). The average molecular weight is 398 g/mol. The molecule has 1 N–H and O–H groups in total. The number of aromatic hydroxyl groups is 1. The van der Waals surface area contributed by atoms with Gasteiger partial charge in [-0.15, -0.1) is 0 Å². The maximum Gasteiger partial charge on any atom is 0.269 e. The van der Waals surface area contributed by atoms with Crippen molar-refractivity contribution in [3.63, 3.8) is 0 Å². The summed E-state index contributed by atoms with van der Waals surface area (Å²) in [5, 5.41) is 14.6. The van der Waals surface area contributed by atoms with Gasteiger partial charge in [0.25, 0.3) is 5.89 Å². The van der Waals surface area contributed by atoms with Crippen LogP contribution in [0.4, 0.5) is 0 Å². The number of rotatable bonds is 4. The van der Waals surface area contributed by atoms with Crippen LogP contribution in [0.25, 0.3) is 22.5 Å². The Kier molecular flexibility index (Phi) is 5.18. The SMILES string of the molecule is COc1cc(/C=C(\Cl)c2nc(-c3ccc(Cl)cc3)no2)cc(Cl)c1O. The first-order valence-electron chi connectivity index (χ1n) is 7.01. The summed E-state index contributed by atoms with van der Waals surface area (Å²) in [4.78, 5) is 4.25. The summed E-state index contributed by atoms with van der Waals surface area (Å²) in [7, 11) is 1.43. The second-order valence-electron chi connectivity index (χ2n) is 4.98. The zero-order valence-corrected chi connectivity index (χ0v) is 15.1. The minimum Gasteiger partial charge on any atom is -0.503 e. The number of methoxy groups -OCH3 is 1. The van der Waals surface area contributed by atoms with E-state index in [2.05, 4.69) is 10.1 Å². The van der Waals surface area contributed by atoms with Crippen LogP contribution in [-0.4, -0.2) is 22.4 Å². The van der Waals surface area contributed by atoms with Crippen molar-refractivity contribution in [1.82, 2.24) is 10.1 Å². The van der Waals surface area contributed by atoms with Crippen molar-refractivity contribution in [2.75, 3.05) is 7.11 Å². The standard InChI is InChI=1S/C17H11Cl3N2O3/c1-24-14-8-9(6-12(19)15(14)23)7-13(20)17-21-16(22-25-17)10-2-4-11(18)5-3-10/h2-8,23H,1H3/b13-7-. The fraction of sp³-hybridized carbons (Fsp3) is 0.0588. The Bertz CT molecular complexity index is 937. The molecule has 1 aromatic heterocycles. The molecule has 3 aromatic rings. The Morgan fingerprint density at radius 2 is 1.92 bits per heavy atom. The molecule has 128 valence electrons. The van der Waals surface area contributed by atoms with Gasteiger partial charge in [0.05, 0.1) is 12.1 Å². The van der Waals surface area contributed by atoms with Crippen molar-refractivity contribution in [2.45, 2.75) is 0 Å². The highest BCUT2D eigenvalue weighted by Gasteiger charge is 2.13. The van der Waals surface area contributed by atoms with Gasteiger partial charge in [0.15, 0.2) is 11.5 Å². The lowest BCUT2D eigenvalue weighted by atomic mass is 10.2. The second-order valence-corrected chi connectivity index (χ2v) is 6.23. The Morgan fingerprint density at radius 3 is 2.60 bits per heavy atom. The molecular weight excluding hydrogens is 387 g/mol. The normalized spacial score (nSPS) is 11.6. The first-order valence-corrected chi connectivity index (χ1v) is 8.15. The topological polar surface area (TPSA) is 68.4 Å². The molecule has 25 heavy (non-hydrogen) atoms. The van der Waals surface area contributed by atoms with E-state index in [1.165, 1.54) is 13.2 Å². The molecule has 0 bridgehead atoms. The first-order chi connectivity index (χ1) is 12.0. The van der Waals surface area contributed by atoms with Crippen LogP contribution in [-0.2, 0) is 0 Å². The monoisotopic (exact) mass is 396 g/mol. The number of hydrogen-bond donors (Lipinski definition) is 1. The molecule has 0 spiro atoms. The van der Waals surface area contributed by atoms with Crippen LogP contribution in [0.5, 0.6) is 11.5 Å². The van der Waals surface area contributed by atoms with Crippen molar-refractivity contribution in [2.24, 2.45) is 0 Å². The van der Waals surface area contributed by atoms with Crippen LogP contribution in [0.1, 0.15) is 11.5 Å². The summed E-state index contributed by atoms with van der Waals surface area (Å²) in [6.45, 7) is 0. The largest absolute Gasteiger partial charge is 0.503 e. The highest BCUT2D eigenvalue weighted by molar-refractivity contribution is 6.50. The Morgan fingerprint density at radius 1 is 1.20 bits per heavy atom. The van der Waals surface area contributed by atoms with Crippen molar-refractivity contribution in [3.8, 4) is 22.9 Å². The number of ether oxygens (including phenoxy) is 1. The van der Waals surface area contributed by atoms with Gasteiger partial charge >= 0.3 is 0 Å². The van der Waals surface area contributed by atoms with E-state index < -0.39 is 0 Å². The fourth-order valence-electron chi connectivity index (χ4n) is 2.08. The van der Waals surface area contributed by atoms with E-state index in [-0.39, 0.29) is 27.4 Å². The lowest BCUT2D eigenvalue weighted by Gasteiger charge is -2.06. The van der Waals surface area contributed by atoms with Gasteiger partial charge in [-0.3, -0.25) is 0 Å². The van der Waals surface area contributed by atoms with Gasteiger partial charge in [0, 0.05) is 10.6 Å². The molecule has 0 atom stereocenters. The Labute approximate surface area is 158 Å². The fourth-order valence-corrected chi connectivity index (χ4v) is 2.63. The molecule has 5 nitrogen and oxygen atoms in total. The molecule has 2 aromatic carbocycles. The molecule has 0 saturated heterocycles. The minimum absolute atomic E-state index is 0.139. The Balaban J connectivity index is 1.91. The number of halogens is 3. The third-order valence-corrected chi connectivity index (χ3v) is 4.11. The lowest BCUT2D eigenvalue weighted by Crippen LogP contribution is -1.86. The van der Waals surface area contributed by atoms with E-state index in [0.717, 1.165) is 5.56 Å². The van der Waals surface area contributed by atoms with Crippen molar-refractivity contribution < 1.29 is 14.4 Å². The number of aromatic nitrogens is 2. The number of phenolic OH excluding ortho intramolecular Hbond substituents is 1. The average Bonchev–Trinajstić information content (AvgIpc) is 3.08. The zero-order chi connectivity index (χ0) is 18.0. The number of hydrogen-bond acceptors (Lipinski definition) is 5. The third kappa shape index (κ3) is 3.90. The summed E-state index contributed by atoms with van der Waals surface area (Å²) < 4.78 is 10.2. The highest BCUT2D eigenvalue weighted by Crippen LogP contribution is 2.36. The van der Waals surface area contributed by atoms with Gasteiger partial charge in [-0.05, 0) is 48.0 Å². The minimum atomic E-state index is -0.139. The number of benzene rings is 2. The van der Waals surface area contributed by atoms with Crippen LogP contribution in [0.2, 0.25) is 10.0 Å². The first kappa shape index (κ1) is 17.6. The van der Waals surface area contributed by atoms with E-state index in [0.29, 0.717) is 16.4 Å². The van der Waals surface area contributed by atoms with Gasteiger partial charge in [0.1, 0.15) is 5.03 Å². The van der Waals surface area contributed by atoms with Crippen LogP contribution in [0.15, 0.2) is 40.9 Å². The van der Waals surface area contributed by atoms with Crippen LogP contribution in [0, 0.1) is 0 Å². The highest BCUT2D eigenvalue weighted by atomic mass is 35.5. The number of phenols is 1. The van der Waals surface area contributed by atoms with Crippen LogP contribution in [0.3, 0.4) is 0 Å². The molecular formula is C17H11Cl3N2O3. The Hall–Kier alpha value is -2.21. The molecule has 0 aliphatic rings. The maximum atomic E-state index is 9.76.